The van der Waals surface area contributed by atoms with Crippen LogP contribution in [0.3, 0.4) is 0 Å². The Hall–Kier alpha value is -1.97. The standard InChI is InChI=1S/C15H16FNO2/c16-14-10-12(17-7-1-2-8-17)5-6-15(14)19-11-13-4-3-9-18-13/h3-6,9-10H,1-2,7-8,11H2. The van der Waals surface area contributed by atoms with Crippen molar-refractivity contribution in [1.29, 1.82) is 0 Å². The molecule has 0 atom stereocenters. The molecule has 19 heavy (non-hydrogen) atoms. The summed E-state index contributed by atoms with van der Waals surface area (Å²) in [5, 5.41) is 0. The van der Waals surface area contributed by atoms with E-state index < -0.39 is 0 Å². The third-order valence-electron chi connectivity index (χ3n) is 3.34. The van der Waals surface area contributed by atoms with Crippen molar-refractivity contribution in [3.05, 3.63) is 48.2 Å². The van der Waals surface area contributed by atoms with Gasteiger partial charge in [0.15, 0.2) is 11.6 Å². The highest BCUT2D eigenvalue weighted by molar-refractivity contribution is 5.50. The fourth-order valence-corrected chi connectivity index (χ4v) is 2.32. The Morgan fingerprint density at radius 2 is 2.05 bits per heavy atom. The fraction of sp³-hybridized carbons (Fsp3) is 0.333. The van der Waals surface area contributed by atoms with Crippen molar-refractivity contribution in [2.75, 3.05) is 18.0 Å². The molecule has 0 spiro atoms. The summed E-state index contributed by atoms with van der Waals surface area (Å²) in [6, 6.07) is 8.72. The molecule has 3 nitrogen and oxygen atoms in total. The number of benzene rings is 1. The van der Waals surface area contributed by atoms with Gasteiger partial charge in [-0.1, -0.05) is 0 Å². The molecule has 0 N–H and O–H groups in total. The van der Waals surface area contributed by atoms with E-state index in [0.29, 0.717) is 5.76 Å². The lowest BCUT2D eigenvalue weighted by atomic mass is 10.2. The molecule has 1 aliphatic heterocycles. The smallest absolute Gasteiger partial charge is 0.167 e. The summed E-state index contributed by atoms with van der Waals surface area (Å²) in [5.41, 5.74) is 0.931. The Bertz CT molecular complexity index is 533. The first-order valence-corrected chi connectivity index (χ1v) is 6.52. The molecule has 100 valence electrons. The molecular formula is C15H16FNO2. The number of ether oxygens (including phenoxy) is 1. The van der Waals surface area contributed by atoms with Crippen LogP contribution in [0.15, 0.2) is 41.0 Å². The van der Waals surface area contributed by atoms with Gasteiger partial charge in [0.25, 0.3) is 0 Å². The number of anilines is 1. The van der Waals surface area contributed by atoms with Gasteiger partial charge in [-0.05, 0) is 37.1 Å². The lowest BCUT2D eigenvalue weighted by molar-refractivity contribution is 0.258. The lowest BCUT2D eigenvalue weighted by Crippen LogP contribution is -2.17. The molecular weight excluding hydrogens is 245 g/mol. The summed E-state index contributed by atoms with van der Waals surface area (Å²) >= 11 is 0. The van der Waals surface area contributed by atoms with E-state index in [0.717, 1.165) is 18.8 Å². The van der Waals surface area contributed by atoms with E-state index in [4.69, 9.17) is 9.15 Å². The van der Waals surface area contributed by atoms with Gasteiger partial charge in [0.1, 0.15) is 12.4 Å². The molecule has 0 radical (unpaired) electrons. The second-order valence-electron chi connectivity index (χ2n) is 4.68. The Kier molecular flexibility index (Phi) is 3.40. The van der Waals surface area contributed by atoms with Gasteiger partial charge in [-0.2, -0.15) is 0 Å². The van der Waals surface area contributed by atoms with Gasteiger partial charge in [0.2, 0.25) is 0 Å². The molecule has 1 saturated heterocycles. The van der Waals surface area contributed by atoms with Crippen LogP contribution in [0, 0.1) is 5.82 Å². The topological polar surface area (TPSA) is 25.6 Å². The maximum atomic E-state index is 13.9. The van der Waals surface area contributed by atoms with Crippen LogP contribution in [0.2, 0.25) is 0 Å². The molecule has 1 aromatic carbocycles. The van der Waals surface area contributed by atoms with Crippen molar-refractivity contribution < 1.29 is 13.5 Å². The number of rotatable bonds is 4. The molecule has 1 aliphatic rings. The van der Waals surface area contributed by atoms with Crippen molar-refractivity contribution in [2.24, 2.45) is 0 Å². The van der Waals surface area contributed by atoms with Crippen LogP contribution in [0.4, 0.5) is 10.1 Å². The van der Waals surface area contributed by atoms with Crippen molar-refractivity contribution in [2.45, 2.75) is 19.4 Å². The second-order valence-corrected chi connectivity index (χ2v) is 4.68. The third-order valence-corrected chi connectivity index (χ3v) is 3.34. The Morgan fingerprint density at radius 1 is 1.21 bits per heavy atom. The number of hydrogen-bond acceptors (Lipinski definition) is 3. The molecule has 4 heteroatoms. The molecule has 0 unspecified atom stereocenters. The normalized spacial score (nSPS) is 14.9. The number of furan rings is 1. The lowest BCUT2D eigenvalue weighted by Gasteiger charge is -2.18. The Labute approximate surface area is 111 Å². The zero-order valence-corrected chi connectivity index (χ0v) is 10.6. The molecule has 0 amide bonds. The number of hydrogen-bond donors (Lipinski definition) is 0. The average Bonchev–Trinajstić information content (AvgIpc) is 3.10. The minimum atomic E-state index is -0.323. The van der Waals surface area contributed by atoms with Crippen LogP contribution in [-0.2, 0) is 6.61 Å². The van der Waals surface area contributed by atoms with Gasteiger partial charge in [-0.25, -0.2) is 4.39 Å². The van der Waals surface area contributed by atoms with Crippen molar-refractivity contribution in [1.82, 2.24) is 0 Å². The number of nitrogens with zero attached hydrogens (tertiary/aromatic N) is 1. The summed E-state index contributed by atoms with van der Waals surface area (Å²) < 4.78 is 24.5. The van der Waals surface area contributed by atoms with Gasteiger partial charge in [-0.15, -0.1) is 0 Å². The summed E-state index contributed by atoms with van der Waals surface area (Å²) in [6.07, 6.45) is 3.93. The highest BCUT2D eigenvalue weighted by Crippen LogP contribution is 2.26. The highest BCUT2D eigenvalue weighted by Gasteiger charge is 2.14. The summed E-state index contributed by atoms with van der Waals surface area (Å²) in [7, 11) is 0. The largest absolute Gasteiger partial charge is 0.483 e. The van der Waals surface area contributed by atoms with Gasteiger partial charge in [0, 0.05) is 24.8 Å². The van der Waals surface area contributed by atoms with Crippen LogP contribution in [-0.4, -0.2) is 13.1 Å². The fourth-order valence-electron chi connectivity index (χ4n) is 2.32. The first-order chi connectivity index (χ1) is 9.33. The quantitative estimate of drug-likeness (QED) is 0.841. The summed E-state index contributed by atoms with van der Waals surface area (Å²) in [4.78, 5) is 2.19. The average molecular weight is 261 g/mol. The van der Waals surface area contributed by atoms with E-state index in [2.05, 4.69) is 4.90 Å². The van der Waals surface area contributed by atoms with Crippen molar-refractivity contribution in [3.8, 4) is 5.75 Å². The Morgan fingerprint density at radius 3 is 2.74 bits per heavy atom. The van der Waals surface area contributed by atoms with Gasteiger partial charge in [-0.3, -0.25) is 0 Å². The van der Waals surface area contributed by atoms with E-state index in [-0.39, 0.29) is 18.2 Å². The highest BCUT2D eigenvalue weighted by atomic mass is 19.1. The minimum absolute atomic E-state index is 0.243. The maximum absolute atomic E-state index is 13.9. The molecule has 2 heterocycles. The molecule has 3 rings (SSSR count). The van der Waals surface area contributed by atoms with E-state index >= 15 is 0 Å². The maximum Gasteiger partial charge on any atom is 0.167 e. The van der Waals surface area contributed by atoms with E-state index in [1.54, 1.807) is 30.5 Å². The predicted octanol–water partition coefficient (Wildman–Crippen LogP) is 3.60. The van der Waals surface area contributed by atoms with Crippen LogP contribution < -0.4 is 9.64 Å². The molecule has 0 aliphatic carbocycles. The monoisotopic (exact) mass is 261 g/mol. The molecule has 1 aromatic heterocycles. The SMILES string of the molecule is Fc1cc(N2CCCC2)ccc1OCc1ccco1. The molecule has 2 aromatic rings. The zero-order chi connectivity index (χ0) is 13.1. The van der Waals surface area contributed by atoms with Crippen molar-refractivity contribution >= 4 is 5.69 Å². The van der Waals surface area contributed by atoms with Crippen LogP contribution in [0.1, 0.15) is 18.6 Å². The van der Waals surface area contributed by atoms with Gasteiger partial charge in [0.05, 0.1) is 6.26 Å². The second kappa shape index (κ2) is 5.34. The predicted molar refractivity (Wildman–Crippen MR) is 70.9 cm³/mol. The van der Waals surface area contributed by atoms with E-state index in [1.807, 2.05) is 6.07 Å². The number of halogens is 1. The molecule has 0 bridgehead atoms. The first-order valence-electron chi connectivity index (χ1n) is 6.52. The van der Waals surface area contributed by atoms with E-state index in [1.165, 1.54) is 12.8 Å². The molecule has 0 saturated carbocycles. The first kappa shape index (κ1) is 12.1. The van der Waals surface area contributed by atoms with Crippen LogP contribution in [0.25, 0.3) is 0 Å². The summed E-state index contributed by atoms with van der Waals surface area (Å²) in [5.74, 6) is 0.623. The van der Waals surface area contributed by atoms with E-state index in [9.17, 15) is 4.39 Å². The zero-order valence-electron chi connectivity index (χ0n) is 10.6. The van der Waals surface area contributed by atoms with Crippen LogP contribution in [0.5, 0.6) is 5.75 Å². The summed E-state index contributed by atoms with van der Waals surface area (Å²) in [6.45, 7) is 2.26. The van der Waals surface area contributed by atoms with Crippen LogP contribution >= 0.6 is 0 Å². The minimum Gasteiger partial charge on any atom is -0.483 e. The third kappa shape index (κ3) is 2.72. The van der Waals surface area contributed by atoms with Gasteiger partial charge >= 0.3 is 0 Å². The van der Waals surface area contributed by atoms with Gasteiger partial charge < -0.3 is 14.1 Å². The molecule has 1 fully saturated rings. The Balaban J connectivity index is 1.68. The van der Waals surface area contributed by atoms with Crippen molar-refractivity contribution in [3.63, 3.8) is 0 Å².